The van der Waals surface area contributed by atoms with Crippen LogP contribution in [0.4, 0.5) is 0 Å². The molecule has 1 amide bonds. The summed E-state index contributed by atoms with van der Waals surface area (Å²) in [5.74, 6) is 0.824. The first-order valence-corrected chi connectivity index (χ1v) is 7.78. The zero-order valence-corrected chi connectivity index (χ0v) is 12.5. The molecule has 2 heterocycles. The molecule has 1 aliphatic heterocycles. The number of piperidine rings is 1. The van der Waals surface area contributed by atoms with Crippen LogP contribution in [0.5, 0.6) is 0 Å². The first kappa shape index (κ1) is 14.4. The molecule has 1 fully saturated rings. The van der Waals surface area contributed by atoms with Crippen molar-refractivity contribution in [2.24, 2.45) is 5.92 Å². The summed E-state index contributed by atoms with van der Waals surface area (Å²) in [5.41, 5.74) is 0.870. The summed E-state index contributed by atoms with van der Waals surface area (Å²) in [6.07, 6.45) is 4.01. The summed E-state index contributed by atoms with van der Waals surface area (Å²) in [7, 11) is 1.98. The molecule has 106 valence electrons. The Bertz CT molecular complexity index is 413. The van der Waals surface area contributed by atoms with Crippen LogP contribution in [0.25, 0.3) is 0 Å². The van der Waals surface area contributed by atoms with E-state index >= 15 is 0 Å². The predicted molar refractivity (Wildman–Crippen MR) is 76.5 cm³/mol. The highest BCUT2D eigenvalue weighted by Crippen LogP contribution is 2.21. The Kier molecular flexibility index (Phi) is 5.27. The van der Waals surface area contributed by atoms with Crippen LogP contribution in [-0.2, 0) is 6.42 Å². The number of nitrogens with one attached hydrogen (secondary N) is 1. The Balaban J connectivity index is 1.95. The second kappa shape index (κ2) is 6.96. The quantitative estimate of drug-likeness (QED) is 0.890. The summed E-state index contributed by atoms with van der Waals surface area (Å²) in [6, 6.07) is 0. The average molecular weight is 282 g/mol. The minimum atomic E-state index is 0.126. The SMILES string of the molecule is CCCc1nnsc1C(=O)N1CCC(CNC)CC1. The fourth-order valence-corrected chi connectivity index (χ4v) is 3.22. The Morgan fingerprint density at radius 2 is 2.21 bits per heavy atom. The molecular weight excluding hydrogens is 260 g/mol. The van der Waals surface area contributed by atoms with Gasteiger partial charge in [0.05, 0.1) is 5.69 Å². The molecule has 0 aromatic carbocycles. The van der Waals surface area contributed by atoms with Crippen molar-refractivity contribution in [1.82, 2.24) is 19.8 Å². The third-order valence-electron chi connectivity index (χ3n) is 3.63. The molecule has 1 aromatic rings. The number of carbonyl (C=O) groups excluding carboxylic acids is 1. The fraction of sp³-hybridized carbons (Fsp3) is 0.769. The first-order valence-electron chi connectivity index (χ1n) is 7.01. The fourth-order valence-electron chi connectivity index (χ4n) is 2.54. The molecular formula is C13H22N4OS. The number of amides is 1. The van der Waals surface area contributed by atoms with E-state index in [0.29, 0.717) is 5.92 Å². The van der Waals surface area contributed by atoms with Gasteiger partial charge in [-0.2, -0.15) is 0 Å². The van der Waals surface area contributed by atoms with Crippen LogP contribution in [0.3, 0.4) is 0 Å². The van der Waals surface area contributed by atoms with Gasteiger partial charge < -0.3 is 10.2 Å². The van der Waals surface area contributed by atoms with E-state index in [1.807, 2.05) is 11.9 Å². The Morgan fingerprint density at radius 3 is 2.84 bits per heavy atom. The molecule has 5 nitrogen and oxygen atoms in total. The molecule has 0 radical (unpaired) electrons. The predicted octanol–water partition coefficient (Wildman–Crippen LogP) is 1.56. The van der Waals surface area contributed by atoms with Crippen LogP contribution in [0.2, 0.25) is 0 Å². The maximum Gasteiger partial charge on any atom is 0.267 e. The third kappa shape index (κ3) is 3.51. The van der Waals surface area contributed by atoms with E-state index in [4.69, 9.17) is 0 Å². The lowest BCUT2D eigenvalue weighted by Gasteiger charge is -2.31. The summed E-state index contributed by atoms with van der Waals surface area (Å²) in [5, 5.41) is 7.29. The highest BCUT2D eigenvalue weighted by Gasteiger charge is 2.26. The molecule has 0 bridgehead atoms. The largest absolute Gasteiger partial charge is 0.338 e. The molecule has 6 heteroatoms. The van der Waals surface area contributed by atoms with Gasteiger partial charge in [0.15, 0.2) is 0 Å². The van der Waals surface area contributed by atoms with Gasteiger partial charge in [0.1, 0.15) is 4.88 Å². The van der Waals surface area contributed by atoms with Crippen molar-refractivity contribution in [2.45, 2.75) is 32.6 Å². The normalized spacial score (nSPS) is 16.8. The van der Waals surface area contributed by atoms with Gasteiger partial charge >= 0.3 is 0 Å². The van der Waals surface area contributed by atoms with E-state index in [2.05, 4.69) is 21.8 Å². The monoisotopic (exact) mass is 282 g/mol. The minimum absolute atomic E-state index is 0.126. The molecule has 0 saturated carbocycles. The van der Waals surface area contributed by atoms with Gasteiger partial charge in [-0.05, 0) is 50.3 Å². The Labute approximate surface area is 118 Å². The topological polar surface area (TPSA) is 58.1 Å². The van der Waals surface area contributed by atoms with Crippen molar-refractivity contribution >= 4 is 17.4 Å². The second-order valence-electron chi connectivity index (χ2n) is 5.09. The molecule has 1 saturated heterocycles. The molecule has 0 aliphatic carbocycles. The van der Waals surface area contributed by atoms with Crippen molar-refractivity contribution in [3.63, 3.8) is 0 Å². The lowest BCUT2D eigenvalue weighted by molar-refractivity contribution is 0.0694. The summed E-state index contributed by atoms with van der Waals surface area (Å²) in [6.45, 7) is 4.85. The van der Waals surface area contributed by atoms with E-state index in [0.717, 1.165) is 55.9 Å². The van der Waals surface area contributed by atoms with Crippen LogP contribution >= 0.6 is 11.5 Å². The molecule has 19 heavy (non-hydrogen) atoms. The van der Waals surface area contributed by atoms with Gasteiger partial charge in [0, 0.05) is 13.1 Å². The number of nitrogens with zero attached hydrogens (tertiary/aromatic N) is 3. The number of aryl methyl sites for hydroxylation is 1. The standard InChI is InChI=1S/C13H22N4OS/c1-3-4-11-12(19-16-15-11)13(18)17-7-5-10(6-8-17)9-14-2/h10,14H,3-9H2,1-2H3. The number of likely N-dealkylation sites (tertiary alicyclic amines) is 1. The van der Waals surface area contributed by atoms with Crippen LogP contribution in [0.15, 0.2) is 0 Å². The van der Waals surface area contributed by atoms with Crippen molar-refractivity contribution in [1.29, 1.82) is 0 Å². The first-order chi connectivity index (χ1) is 9.26. The van der Waals surface area contributed by atoms with E-state index in [9.17, 15) is 4.79 Å². The highest BCUT2D eigenvalue weighted by molar-refractivity contribution is 7.08. The third-order valence-corrected chi connectivity index (χ3v) is 4.39. The molecule has 1 N–H and O–H groups in total. The highest BCUT2D eigenvalue weighted by atomic mass is 32.1. The molecule has 0 spiro atoms. The smallest absolute Gasteiger partial charge is 0.267 e. The van der Waals surface area contributed by atoms with Gasteiger partial charge in [-0.1, -0.05) is 17.8 Å². The summed E-state index contributed by atoms with van der Waals surface area (Å²) >= 11 is 1.24. The molecule has 2 rings (SSSR count). The van der Waals surface area contributed by atoms with Crippen LogP contribution in [0.1, 0.15) is 41.6 Å². The van der Waals surface area contributed by atoms with E-state index in [-0.39, 0.29) is 5.91 Å². The van der Waals surface area contributed by atoms with Crippen molar-refractivity contribution in [3.05, 3.63) is 10.6 Å². The van der Waals surface area contributed by atoms with Gasteiger partial charge in [0.25, 0.3) is 5.91 Å². The molecule has 1 aliphatic rings. The van der Waals surface area contributed by atoms with Crippen LogP contribution < -0.4 is 5.32 Å². The van der Waals surface area contributed by atoms with E-state index in [1.54, 1.807) is 0 Å². The van der Waals surface area contributed by atoms with Gasteiger partial charge in [-0.3, -0.25) is 4.79 Å². The zero-order chi connectivity index (χ0) is 13.7. The maximum absolute atomic E-state index is 12.5. The Morgan fingerprint density at radius 1 is 1.47 bits per heavy atom. The summed E-state index contributed by atoms with van der Waals surface area (Å²) in [4.78, 5) is 15.2. The number of aromatic nitrogens is 2. The van der Waals surface area contributed by atoms with Crippen LogP contribution in [0, 0.1) is 5.92 Å². The zero-order valence-electron chi connectivity index (χ0n) is 11.7. The number of carbonyl (C=O) groups is 1. The maximum atomic E-state index is 12.5. The molecule has 1 aromatic heterocycles. The second-order valence-corrected chi connectivity index (χ2v) is 5.85. The lowest BCUT2D eigenvalue weighted by Crippen LogP contribution is -2.40. The Hall–Kier alpha value is -1.01. The number of hydrogen-bond donors (Lipinski definition) is 1. The molecule has 0 unspecified atom stereocenters. The van der Waals surface area contributed by atoms with E-state index < -0.39 is 0 Å². The van der Waals surface area contributed by atoms with Crippen LogP contribution in [-0.4, -0.2) is 47.1 Å². The average Bonchev–Trinajstić information content (AvgIpc) is 2.88. The van der Waals surface area contributed by atoms with Gasteiger partial charge in [-0.15, -0.1) is 5.10 Å². The van der Waals surface area contributed by atoms with Crippen molar-refractivity contribution < 1.29 is 4.79 Å². The van der Waals surface area contributed by atoms with E-state index in [1.165, 1.54) is 11.5 Å². The summed E-state index contributed by atoms with van der Waals surface area (Å²) < 4.78 is 3.94. The number of rotatable bonds is 5. The number of hydrogen-bond acceptors (Lipinski definition) is 5. The van der Waals surface area contributed by atoms with Gasteiger partial charge in [-0.25, -0.2) is 0 Å². The minimum Gasteiger partial charge on any atom is -0.338 e. The lowest BCUT2D eigenvalue weighted by atomic mass is 9.96. The van der Waals surface area contributed by atoms with Crippen molar-refractivity contribution in [3.8, 4) is 0 Å². The molecule has 0 atom stereocenters. The van der Waals surface area contributed by atoms with Gasteiger partial charge in [0.2, 0.25) is 0 Å². The van der Waals surface area contributed by atoms with Crippen molar-refractivity contribution in [2.75, 3.05) is 26.7 Å².